The lowest BCUT2D eigenvalue weighted by molar-refractivity contribution is 0.282. The number of nitrogens with one attached hydrogen (secondary N) is 1. The molecule has 0 saturated carbocycles. The summed E-state index contributed by atoms with van der Waals surface area (Å²) in [5.41, 5.74) is 2.55. The van der Waals surface area contributed by atoms with E-state index in [1.165, 1.54) is 0 Å². The smallest absolute Gasteiger partial charge is 0.123 e. The van der Waals surface area contributed by atoms with Crippen LogP contribution in [0.15, 0.2) is 36.7 Å². The number of aliphatic hydroxyl groups excluding tert-OH is 1. The van der Waals surface area contributed by atoms with Gasteiger partial charge in [0.1, 0.15) is 5.75 Å². The van der Waals surface area contributed by atoms with E-state index < -0.39 is 0 Å². The maximum absolute atomic E-state index is 9.25. The molecule has 0 unspecified atom stereocenters. The van der Waals surface area contributed by atoms with Gasteiger partial charge >= 0.3 is 0 Å². The van der Waals surface area contributed by atoms with E-state index in [0.29, 0.717) is 11.6 Å². The molecule has 19 heavy (non-hydrogen) atoms. The standard InChI is InChI=1S/C14H15ClN2O2/c1-19-14-3-2-12(15)6-11(14)7-17-13-8-16-5-4-10(13)9-18/h2-6,8,17-18H,7,9H2,1H3. The third-order valence-electron chi connectivity index (χ3n) is 2.79. The monoisotopic (exact) mass is 278 g/mol. The van der Waals surface area contributed by atoms with Crippen LogP contribution < -0.4 is 10.1 Å². The molecule has 2 aromatic rings. The van der Waals surface area contributed by atoms with Gasteiger partial charge in [0.15, 0.2) is 0 Å². The topological polar surface area (TPSA) is 54.4 Å². The maximum atomic E-state index is 9.25. The molecule has 2 N–H and O–H groups in total. The van der Waals surface area contributed by atoms with Crippen molar-refractivity contribution < 1.29 is 9.84 Å². The van der Waals surface area contributed by atoms with Gasteiger partial charge in [-0.1, -0.05) is 11.6 Å². The predicted octanol–water partition coefficient (Wildman–Crippen LogP) is 2.85. The van der Waals surface area contributed by atoms with E-state index in [4.69, 9.17) is 16.3 Å². The van der Waals surface area contributed by atoms with Gasteiger partial charge in [0.25, 0.3) is 0 Å². The zero-order valence-corrected chi connectivity index (χ0v) is 11.3. The minimum absolute atomic E-state index is 0.0302. The molecule has 0 fully saturated rings. The molecule has 1 aromatic heterocycles. The van der Waals surface area contributed by atoms with Crippen molar-refractivity contribution in [3.63, 3.8) is 0 Å². The Morgan fingerprint density at radius 2 is 2.16 bits per heavy atom. The Morgan fingerprint density at radius 3 is 2.89 bits per heavy atom. The fraction of sp³-hybridized carbons (Fsp3) is 0.214. The number of anilines is 1. The van der Waals surface area contributed by atoms with Gasteiger partial charge in [-0.2, -0.15) is 0 Å². The number of aromatic nitrogens is 1. The highest BCUT2D eigenvalue weighted by Crippen LogP contribution is 2.24. The van der Waals surface area contributed by atoms with E-state index in [-0.39, 0.29) is 6.61 Å². The summed E-state index contributed by atoms with van der Waals surface area (Å²) in [6.07, 6.45) is 3.33. The third-order valence-corrected chi connectivity index (χ3v) is 3.03. The number of hydrogen-bond donors (Lipinski definition) is 2. The molecule has 100 valence electrons. The van der Waals surface area contributed by atoms with Gasteiger partial charge in [0.05, 0.1) is 25.6 Å². The number of hydrogen-bond acceptors (Lipinski definition) is 4. The van der Waals surface area contributed by atoms with E-state index in [0.717, 1.165) is 22.6 Å². The van der Waals surface area contributed by atoms with Gasteiger partial charge in [0.2, 0.25) is 0 Å². The van der Waals surface area contributed by atoms with E-state index in [2.05, 4.69) is 10.3 Å². The molecule has 2 rings (SSSR count). The molecule has 4 nitrogen and oxygen atoms in total. The van der Waals surface area contributed by atoms with Gasteiger partial charge < -0.3 is 15.2 Å². The Kier molecular flexibility index (Phi) is 4.60. The molecular weight excluding hydrogens is 264 g/mol. The molecule has 0 aliphatic carbocycles. The number of ether oxygens (including phenoxy) is 1. The van der Waals surface area contributed by atoms with Crippen LogP contribution in [-0.2, 0) is 13.2 Å². The second-order valence-electron chi connectivity index (χ2n) is 4.00. The molecule has 0 aliphatic heterocycles. The Morgan fingerprint density at radius 1 is 1.32 bits per heavy atom. The lowest BCUT2D eigenvalue weighted by Crippen LogP contribution is -2.04. The summed E-state index contributed by atoms with van der Waals surface area (Å²) in [5.74, 6) is 0.770. The molecule has 0 bridgehead atoms. The summed E-state index contributed by atoms with van der Waals surface area (Å²) >= 11 is 5.98. The highest BCUT2D eigenvalue weighted by molar-refractivity contribution is 6.30. The van der Waals surface area contributed by atoms with Gasteiger partial charge in [-0.15, -0.1) is 0 Å². The first-order chi connectivity index (χ1) is 9.24. The Hall–Kier alpha value is -1.78. The summed E-state index contributed by atoms with van der Waals surface area (Å²) < 4.78 is 5.28. The van der Waals surface area contributed by atoms with Crippen LogP contribution in [0.2, 0.25) is 5.02 Å². The zero-order chi connectivity index (χ0) is 13.7. The van der Waals surface area contributed by atoms with Crippen LogP contribution in [0.3, 0.4) is 0 Å². The molecule has 0 aliphatic rings. The van der Waals surface area contributed by atoms with Crippen LogP contribution in [0.4, 0.5) is 5.69 Å². The molecule has 0 saturated heterocycles. The lowest BCUT2D eigenvalue weighted by Gasteiger charge is -2.12. The van der Waals surface area contributed by atoms with Gasteiger partial charge in [-0.3, -0.25) is 4.98 Å². The zero-order valence-electron chi connectivity index (χ0n) is 10.6. The minimum Gasteiger partial charge on any atom is -0.496 e. The largest absolute Gasteiger partial charge is 0.496 e. The van der Waals surface area contributed by atoms with Crippen molar-refractivity contribution in [2.24, 2.45) is 0 Å². The second-order valence-corrected chi connectivity index (χ2v) is 4.44. The van der Waals surface area contributed by atoms with Crippen LogP contribution in [0.1, 0.15) is 11.1 Å². The van der Waals surface area contributed by atoms with Crippen LogP contribution in [0.25, 0.3) is 0 Å². The SMILES string of the molecule is COc1ccc(Cl)cc1CNc1cnccc1CO. The van der Waals surface area contributed by atoms with Crippen molar-refractivity contribution in [2.75, 3.05) is 12.4 Å². The van der Waals surface area contributed by atoms with Gasteiger partial charge in [0, 0.05) is 28.9 Å². The summed E-state index contributed by atoms with van der Waals surface area (Å²) in [6.45, 7) is 0.514. The molecule has 1 heterocycles. The normalized spacial score (nSPS) is 10.3. The number of pyridine rings is 1. The second kappa shape index (κ2) is 6.41. The number of nitrogens with zero attached hydrogens (tertiary/aromatic N) is 1. The lowest BCUT2D eigenvalue weighted by atomic mass is 10.2. The molecule has 0 atom stereocenters. The van der Waals surface area contributed by atoms with Gasteiger partial charge in [-0.05, 0) is 24.3 Å². The Labute approximate surface area is 117 Å². The van der Waals surface area contributed by atoms with E-state index in [1.807, 2.05) is 12.1 Å². The summed E-state index contributed by atoms with van der Waals surface area (Å²) in [7, 11) is 1.62. The molecule has 0 amide bonds. The van der Waals surface area contributed by atoms with Crippen molar-refractivity contribution in [1.82, 2.24) is 4.98 Å². The van der Waals surface area contributed by atoms with Crippen molar-refractivity contribution in [3.05, 3.63) is 52.8 Å². The number of halogens is 1. The van der Waals surface area contributed by atoms with Crippen molar-refractivity contribution >= 4 is 17.3 Å². The number of benzene rings is 1. The van der Waals surface area contributed by atoms with Crippen LogP contribution >= 0.6 is 11.6 Å². The van der Waals surface area contributed by atoms with Crippen LogP contribution in [-0.4, -0.2) is 17.2 Å². The average molecular weight is 279 g/mol. The van der Waals surface area contributed by atoms with E-state index in [1.54, 1.807) is 31.6 Å². The van der Waals surface area contributed by atoms with Gasteiger partial charge in [-0.25, -0.2) is 0 Å². The highest BCUT2D eigenvalue weighted by atomic mass is 35.5. The molecule has 0 radical (unpaired) electrons. The molecule has 1 aromatic carbocycles. The summed E-state index contributed by atoms with van der Waals surface area (Å²) in [5, 5.41) is 13.1. The highest BCUT2D eigenvalue weighted by Gasteiger charge is 2.05. The third kappa shape index (κ3) is 3.36. The summed E-state index contributed by atoms with van der Waals surface area (Å²) in [4.78, 5) is 4.03. The number of rotatable bonds is 5. The fourth-order valence-electron chi connectivity index (χ4n) is 1.80. The first-order valence-corrected chi connectivity index (χ1v) is 6.22. The predicted molar refractivity (Wildman–Crippen MR) is 75.5 cm³/mol. The van der Waals surface area contributed by atoms with Crippen molar-refractivity contribution in [2.45, 2.75) is 13.2 Å². The van der Waals surface area contributed by atoms with E-state index >= 15 is 0 Å². The van der Waals surface area contributed by atoms with Crippen LogP contribution in [0, 0.1) is 0 Å². The molecule has 5 heteroatoms. The number of aliphatic hydroxyl groups is 1. The van der Waals surface area contributed by atoms with Crippen LogP contribution in [0.5, 0.6) is 5.75 Å². The quantitative estimate of drug-likeness (QED) is 0.883. The Bertz CT molecular complexity index is 561. The van der Waals surface area contributed by atoms with Crippen molar-refractivity contribution in [3.8, 4) is 5.75 Å². The Balaban J connectivity index is 2.16. The first kappa shape index (κ1) is 13.6. The number of methoxy groups -OCH3 is 1. The molecule has 0 spiro atoms. The minimum atomic E-state index is -0.0302. The first-order valence-electron chi connectivity index (χ1n) is 5.84. The fourth-order valence-corrected chi connectivity index (χ4v) is 1.99. The average Bonchev–Trinajstić information content (AvgIpc) is 2.45. The summed E-state index contributed by atoms with van der Waals surface area (Å²) in [6, 6.07) is 7.24. The molecular formula is C14H15ClN2O2. The van der Waals surface area contributed by atoms with E-state index in [9.17, 15) is 5.11 Å². The maximum Gasteiger partial charge on any atom is 0.123 e. The van der Waals surface area contributed by atoms with Crippen molar-refractivity contribution in [1.29, 1.82) is 0 Å².